The highest BCUT2D eigenvalue weighted by molar-refractivity contribution is 6.30. The van der Waals surface area contributed by atoms with Crippen molar-refractivity contribution in [2.75, 3.05) is 6.54 Å². The Morgan fingerprint density at radius 3 is 2.68 bits per heavy atom. The van der Waals surface area contributed by atoms with Crippen molar-refractivity contribution >= 4 is 11.6 Å². The molecule has 1 aliphatic rings. The molecule has 1 aromatic carbocycles. The molecule has 0 saturated heterocycles. The Morgan fingerprint density at radius 1 is 1.32 bits per heavy atom. The van der Waals surface area contributed by atoms with E-state index in [9.17, 15) is 4.39 Å². The number of hydrogen-bond donors (Lipinski definition) is 1. The molecule has 1 saturated carbocycles. The molecule has 0 amide bonds. The maximum atomic E-state index is 13.3. The lowest BCUT2D eigenvalue weighted by Gasteiger charge is -2.29. The Morgan fingerprint density at radius 2 is 2.05 bits per heavy atom. The van der Waals surface area contributed by atoms with Gasteiger partial charge >= 0.3 is 0 Å². The van der Waals surface area contributed by atoms with Gasteiger partial charge in [0, 0.05) is 6.04 Å². The lowest BCUT2D eigenvalue weighted by Crippen LogP contribution is -2.35. The van der Waals surface area contributed by atoms with Gasteiger partial charge in [-0.15, -0.1) is 0 Å². The van der Waals surface area contributed by atoms with Crippen LogP contribution in [0.25, 0.3) is 0 Å². The van der Waals surface area contributed by atoms with Gasteiger partial charge in [-0.2, -0.15) is 0 Å². The average Bonchev–Trinajstić information content (AvgIpc) is 2.42. The van der Waals surface area contributed by atoms with Crippen LogP contribution in [0.4, 0.5) is 4.39 Å². The molecule has 2 rings (SSSR count). The second-order valence-corrected chi connectivity index (χ2v) is 5.50. The Kier molecular flexibility index (Phi) is 5.61. The van der Waals surface area contributed by atoms with Crippen molar-refractivity contribution < 1.29 is 9.13 Å². The molecule has 0 bridgehead atoms. The summed E-state index contributed by atoms with van der Waals surface area (Å²) in [5, 5.41) is 3.63. The van der Waals surface area contributed by atoms with Crippen LogP contribution in [0, 0.1) is 5.82 Å². The fourth-order valence-corrected chi connectivity index (χ4v) is 2.68. The van der Waals surface area contributed by atoms with Gasteiger partial charge in [0.05, 0.1) is 17.7 Å². The fraction of sp³-hybridized carbons (Fsp3) is 0.600. The van der Waals surface area contributed by atoms with Crippen LogP contribution in [0.1, 0.15) is 38.2 Å². The number of nitrogens with one attached hydrogen (secondary N) is 1. The first-order valence-corrected chi connectivity index (χ1v) is 7.35. The topological polar surface area (TPSA) is 21.3 Å². The minimum Gasteiger partial charge on any atom is -0.374 e. The van der Waals surface area contributed by atoms with E-state index in [0.717, 1.165) is 37.8 Å². The zero-order chi connectivity index (χ0) is 13.7. The van der Waals surface area contributed by atoms with Gasteiger partial charge in [-0.05, 0) is 49.9 Å². The van der Waals surface area contributed by atoms with Gasteiger partial charge in [0.15, 0.2) is 0 Å². The molecule has 0 aliphatic heterocycles. The number of ether oxygens (including phenoxy) is 1. The van der Waals surface area contributed by atoms with Crippen molar-refractivity contribution in [1.82, 2.24) is 5.32 Å². The lowest BCUT2D eigenvalue weighted by atomic mass is 9.93. The molecular weight excluding hydrogens is 265 g/mol. The molecule has 0 radical (unpaired) electrons. The molecule has 1 aliphatic carbocycles. The van der Waals surface area contributed by atoms with E-state index in [2.05, 4.69) is 12.2 Å². The van der Waals surface area contributed by atoms with E-state index in [-0.39, 0.29) is 10.8 Å². The zero-order valence-electron chi connectivity index (χ0n) is 11.3. The van der Waals surface area contributed by atoms with E-state index in [0.29, 0.717) is 18.8 Å². The second kappa shape index (κ2) is 7.22. The summed E-state index contributed by atoms with van der Waals surface area (Å²) in [6.45, 7) is 3.63. The molecule has 0 heterocycles. The Labute approximate surface area is 119 Å². The molecule has 19 heavy (non-hydrogen) atoms. The SMILES string of the molecule is CCNC1CCC(OCc2ccc(Cl)c(F)c2)CC1. The Balaban J connectivity index is 1.75. The first-order chi connectivity index (χ1) is 9.19. The van der Waals surface area contributed by atoms with E-state index < -0.39 is 0 Å². The highest BCUT2D eigenvalue weighted by Crippen LogP contribution is 2.23. The zero-order valence-corrected chi connectivity index (χ0v) is 12.0. The summed E-state index contributed by atoms with van der Waals surface area (Å²) in [5.41, 5.74) is 0.843. The molecule has 1 aromatic rings. The minimum absolute atomic E-state index is 0.162. The molecule has 0 atom stereocenters. The van der Waals surface area contributed by atoms with Crippen molar-refractivity contribution in [3.63, 3.8) is 0 Å². The van der Waals surface area contributed by atoms with Crippen LogP contribution in [0.2, 0.25) is 5.02 Å². The van der Waals surface area contributed by atoms with E-state index in [1.165, 1.54) is 6.07 Å². The summed E-state index contributed by atoms with van der Waals surface area (Å²) in [5.74, 6) is -0.376. The maximum Gasteiger partial charge on any atom is 0.142 e. The molecule has 1 N–H and O–H groups in total. The van der Waals surface area contributed by atoms with Gasteiger partial charge in [0.1, 0.15) is 5.82 Å². The van der Waals surface area contributed by atoms with E-state index in [1.807, 2.05) is 6.07 Å². The summed E-state index contributed by atoms with van der Waals surface area (Å²) < 4.78 is 19.1. The number of rotatable bonds is 5. The highest BCUT2D eigenvalue weighted by atomic mass is 35.5. The number of hydrogen-bond acceptors (Lipinski definition) is 2. The summed E-state index contributed by atoms with van der Waals surface area (Å²) in [6.07, 6.45) is 4.77. The molecule has 106 valence electrons. The smallest absolute Gasteiger partial charge is 0.142 e. The van der Waals surface area contributed by atoms with Crippen LogP contribution >= 0.6 is 11.6 Å². The van der Waals surface area contributed by atoms with Crippen molar-refractivity contribution in [1.29, 1.82) is 0 Å². The van der Waals surface area contributed by atoms with Crippen molar-refractivity contribution in [3.8, 4) is 0 Å². The standard InChI is InChI=1S/C15H21ClFNO/c1-2-18-12-4-6-13(7-5-12)19-10-11-3-8-14(16)15(17)9-11/h3,8-9,12-13,18H,2,4-7,10H2,1H3. The summed E-state index contributed by atoms with van der Waals surface area (Å²) in [6, 6.07) is 5.48. The fourth-order valence-electron chi connectivity index (χ4n) is 2.57. The van der Waals surface area contributed by atoms with Crippen LogP contribution in [0.3, 0.4) is 0 Å². The Hall–Kier alpha value is -0.640. The lowest BCUT2D eigenvalue weighted by molar-refractivity contribution is 0.0114. The average molecular weight is 286 g/mol. The molecule has 0 aromatic heterocycles. The third-order valence-electron chi connectivity index (χ3n) is 3.64. The van der Waals surface area contributed by atoms with Gasteiger partial charge in [-0.25, -0.2) is 4.39 Å². The van der Waals surface area contributed by atoms with Crippen molar-refractivity contribution in [2.45, 2.75) is 51.4 Å². The van der Waals surface area contributed by atoms with Gasteiger partial charge in [0.25, 0.3) is 0 Å². The normalized spacial score (nSPS) is 23.5. The predicted molar refractivity (Wildman–Crippen MR) is 75.9 cm³/mol. The minimum atomic E-state index is -0.376. The molecule has 0 unspecified atom stereocenters. The summed E-state index contributed by atoms with van der Waals surface area (Å²) in [7, 11) is 0. The van der Waals surface area contributed by atoms with Gasteiger partial charge in [0.2, 0.25) is 0 Å². The predicted octanol–water partition coefficient (Wildman–Crippen LogP) is 3.92. The first-order valence-electron chi connectivity index (χ1n) is 6.98. The van der Waals surface area contributed by atoms with E-state index >= 15 is 0 Å². The third-order valence-corrected chi connectivity index (χ3v) is 3.94. The van der Waals surface area contributed by atoms with Gasteiger partial charge in [-0.3, -0.25) is 0 Å². The third kappa shape index (κ3) is 4.44. The molecule has 4 heteroatoms. The second-order valence-electron chi connectivity index (χ2n) is 5.09. The molecule has 2 nitrogen and oxygen atoms in total. The van der Waals surface area contributed by atoms with Crippen LogP contribution in [-0.2, 0) is 11.3 Å². The maximum absolute atomic E-state index is 13.3. The number of benzene rings is 1. The molecule has 1 fully saturated rings. The first kappa shape index (κ1) is 14.8. The monoisotopic (exact) mass is 285 g/mol. The molecule has 0 spiro atoms. The largest absolute Gasteiger partial charge is 0.374 e. The summed E-state index contributed by atoms with van der Waals surface area (Å²) in [4.78, 5) is 0. The van der Waals surface area contributed by atoms with Crippen molar-refractivity contribution in [3.05, 3.63) is 34.6 Å². The summed E-state index contributed by atoms with van der Waals surface area (Å²) >= 11 is 5.65. The molecular formula is C15H21ClFNO. The van der Waals surface area contributed by atoms with Crippen LogP contribution in [0.5, 0.6) is 0 Å². The van der Waals surface area contributed by atoms with Crippen LogP contribution in [-0.4, -0.2) is 18.7 Å². The quantitative estimate of drug-likeness (QED) is 0.885. The van der Waals surface area contributed by atoms with Crippen LogP contribution in [0.15, 0.2) is 18.2 Å². The number of halogens is 2. The van der Waals surface area contributed by atoms with E-state index in [4.69, 9.17) is 16.3 Å². The van der Waals surface area contributed by atoms with Crippen LogP contribution < -0.4 is 5.32 Å². The van der Waals surface area contributed by atoms with Gasteiger partial charge < -0.3 is 10.1 Å². The van der Waals surface area contributed by atoms with Gasteiger partial charge in [-0.1, -0.05) is 24.6 Å². The Bertz CT molecular complexity index is 405. The van der Waals surface area contributed by atoms with E-state index in [1.54, 1.807) is 6.07 Å². The highest BCUT2D eigenvalue weighted by Gasteiger charge is 2.20. The van der Waals surface area contributed by atoms with Crippen molar-refractivity contribution in [2.24, 2.45) is 0 Å².